The van der Waals surface area contributed by atoms with E-state index in [0.29, 0.717) is 11.3 Å². The number of Topliss-reactive ketones (excluding diaryl/α,β-unsaturated/α-hetero) is 1. The lowest BCUT2D eigenvalue weighted by molar-refractivity contribution is -0.383. The third-order valence-electron chi connectivity index (χ3n) is 4.79. The lowest BCUT2D eigenvalue weighted by Crippen LogP contribution is -2.12. The molecule has 0 aliphatic heterocycles. The fourth-order valence-corrected chi connectivity index (χ4v) is 3.05. The van der Waals surface area contributed by atoms with E-state index < -0.39 is 28.3 Å². The quantitative estimate of drug-likeness (QED) is 0.170. The standard InChI is InChI=1S/C23H19F3N6O4/c24-23(25,26)16-3-1-2-14(12-16)4-9-19(34)31-17-7-5-15(6-8-17)18(33)10-11-28-22-20(32(35)36)21(27)29-13-30-22/h1-9,12-13H,10-11H2,(H,31,34)(H3,27,28,29,30)/b9-4-. The molecule has 0 saturated carbocycles. The van der Waals surface area contributed by atoms with Crippen molar-refractivity contribution >= 4 is 40.8 Å². The van der Waals surface area contributed by atoms with Crippen molar-refractivity contribution in [2.45, 2.75) is 12.6 Å². The summed E-state index contributed by atoms with van der Waals surface area (Å²) in [7, 11) is 0. The Morgan fingerprint density at radius 2 is 1.83 bits per heavy atom. The van der Waals surface area contributed by atoms with Gasteiger partial charge in [-0.05, 0) is 48.0 Å². The molecule has 1 aromatic heterocycles. The lowest BCUT2D eigenvalue weighted by Gasteiger charge is -2.07. The number of hydrogen-bond acceptors (Lipinski definition) is 8. The molecule has 0 saturated heterocycles. The third-order valence-corrected chi connectivity index (χ3v) is 4.79. The zero-order valence-corrected chi connectivity index (χ0v) is 18.5. The van der Waals surface area contributed by atoms with Gasteiger partial charge in [0.05, 0.1) is 10.5 Å². The topological polar surface area (TPSA) is 153 Å². The second-order valence-corrected chi connectivity index (χ2v) is 7.34. The van der Waals surface area contributed by atoms with Crippen molar-refractivity contribution in [3.8, 4) is 0 Å². The van der Waals surface area contributed by atoms with Gasteiger partial charge in [0.25, 0.3) is 0 Å². The molecule has 0 aliphatic carbocycles. The zero-order chi connectivity index (χ0) is 26.3. The summed E-state index contributed by atoms with van der Waals surface area (Å²) in [5.41, 5.74) is 5.11. The highest BCUT2D eigenvalue weighted by Crippen LogP contribution is 2.30. The van der Waals surface area contributed by atoms with Crippen LogP contribution in [0.15, 0.2) is 60.9 Å². The van der Waals surface area contributed by atoms with Crippen LogP contribution in [0.1, 0.15) is 27.9 Å². The summed E-state index contributed by atoms with van der Waals surface area (Å²) < 4.78 is 38.4. The monoisotopic (exact) mass is 500 g/mol. The molecule has 0 bridgehead atoms. The maximum Gasteiger partial charge on any atom is 0.416 e. The van der Waals surface area contributed by atoms with E-state index in [-0.39, 0.29) is 35.9 Å². The normalized spacial score (nSPS) is 11.3. The fourth-order valence-electron chi connectivity index (χ4n) is 3.05. The summed E-state index contributed by atoms with van der Waals surface area (Å²) >= 11 is 0. The van der Waals surface area contributed by atoms with Crippen LogP contribution < -0.4 is 16.4 Å². The summed E-state index contributed by atoms with van der Waals surface area (Å²) in [6, 6.07) is 10.5. The van der Waals surface area contributed by atoms with Crippen molar-refractivity contribution in [1.29, 1.82) is 0 Å². The average Bonchev–Trinajstić information content (AvgIpc) is 2.82. The molecular formula is C23H19F3N6O4. The Kier molecular flexibility index (Phi) is 7.94. The van der Waals surface area contributed by atoms with Gasteiger partial charge in [0.2, 0.25) is 17.5 Å². The number of nitrogens with two attached hydrogens (primary N) is 1. The van der Waals surface area contributed by atoms with E-state index >= 15 is 0 Å². The molecule has 0 spiro atoms. The number of carbonyl (C=O) groups is 2. The molecule has 0 unspecified atom stereocenters. The number of anilines is 3. The van der Waals surface area contributed by atoms with Crippen LogP contribution in [0.2, 0.25) is 0 Å². The van der Waals surface area contributed by atoms with Crippen LogP contribution in [0.25, 0.3) is 6.08 Å². The number of nitro groups is 1. The molecule has 10 nitrogen and oxygen atoms in total. The molecule has 0 fully saturated rings. The van der Waals surface area contributed by atoms with E-state index in [2.05, 4.69) is 20.6 Å². The molecule has 0 radical (unpaired) electrons. The number of rotatable bonds is 9. The first-order valence-electron chi connectivity index (χ1n) is 10.3. The number of nitrogens with zero attached hydrogens (tertiary/aromatic N) is 3. The largest absolute Gasteiger partial charge is 0.416 e. The Morgan fingerprint density at radius 1 is 1.11 bits per heavy atom. The van der Waals surface area contributed by atoms with Gasteiger partial charge in [-0.1, -0.05) is 12.1 Å². The average molecular weight is 500 g/mol. The Morgan fingerprint density at radius 3 is 2.50 bits per heavy atom. The summed E-state index contributed by atoms with van der Waals surface area (Å²) in [6.45, 7) is 0.0505. The molecule has 0 aliphatic rings. The Hall–Kier alpha value is -4.81. The van der Waals surface area contributed by atoms with Gasteiger partial charge in [-0.2, -0.15) is 13.2 Å². The second-order valence-electron chi connectivity index (χ2n) is 7.34. The first-order chi connectivity index (χ1) is 17.0. The van der Waals surface area contributed by atoms with Crippen LogP contribution >= 0.6 is 0 Å². The van der Waals surface area contributed by atoms with Gasteiger partial charge < -0.3 is 16.4 Å². The van der Waals surface area contributed by atoms with E-state index in [1.54, 1.807) is 0 Å². The van der Waals surface area contributed by atoms with Crippen molar-refractivity contribution in [2.24, 2.45) is 0 Å². The minimum absolute atomic E-state index is 0.00745. The van der Waals surface area contributed by atoms with Crippen LogP contribution in [0.4, 0.5) is 36.2 Å². The Balaban J connectivity index is 1.53. The number of aromatic nitrogens is 2. The number of nitrogens with one attached hydrogen (secondary N) is 2. The summed E-state index contributed by atoms with van der Waals surface area (Å²) in [5, 5.41) is 16.3. The first kappa shape index (κ1) is 25.8. The maximum atomic E-state index is 12.8. The minimum atomic E-state index is -4.48. The Bertz CT molecular complexity index is 1310. The summed E-state index contributed by atoms with van der Waals surface area (Å²) in [6.07, 6.45) is -1.07. The number of benzene rings is 2. The molecule has 13 heteroatoms. The van der Waals surface area contributed by atoms with Gasteiger partial charge in [0.15, 0.2) is 5.78 Å². The van der Waals surface area contributed by atoms with Gasteiger partial charge in [0, 0.05) is 30.3 Å². The highest BCUT2D eigenvalue weighted by Gasteiger charge is 2.30. The highest BCUT2D eigenvalue weighted by atomic mass is 19.4. The fraction of sp³-hybridized carbons (Fsp3) is 0.130. The third kappa shape index (κ3) is 6.85. The van der Waals surface area contributed by atoms with E-state index in [1.165, 1.54) is 42.5 Å². The van der Waals surface area contributed by atoms with Gasteiger partial charge in [-0.3, -0.25) is 19.7 Å². The van der Waals surface area contributed by atoms with Crippen LogP contribution in [0.5, 0.6) is 0 Å². The molecule has 1 amide bonds. The second kappa shape index (κ2) is 11.1. The molecule has 3 rings (SSSR count). The predicted molar refractivity (Wildman–Crippen MR) is 126 cm³/mol. The number of nitrogen functional groups attached to an aromatic ring is 1. The number of halogens is 3. The van der Waals surface area contributed by atoms with Crippen LogP contribution in [-0.2, 0) is 11.0 Å². The van der Waals surface area contributed by atoms with Crippen molar-refractivity contribution < 1.29 is 27.7 Å². The lowest BCUT2D eigenvalue weighted by atomic mass is 10.1. The Labute approximate surface area is 202 Å². The molecule has 4 N–H and O–H groups in total. The summed E-state index contributed by atoms with van der Waals surface area (Å²) in [5.74, 6) is -1.24. The van der Waals surface area contributed by atoms with E-state index in [4.69, 9.17) is 5.73 Å². The molecule has 2 aromatic carbocycles. The molecule has 1 heterocycles. The van der Waals surface area contributed by atoms with Gasteiger partial charge >= 0.3 is 11.9 Å². The van der Waals surface area contributed by atoms with Crippen molar-refractivity contribution in [3.05, 3.63) is 87.7 Å². The number of alkyl halides is 3. The highest BCUT2D eigenvalue weighted by molar-refractivity contribution is 6.02. The van der Waals surface area contributed by atoms with Crippen LogP contribution in [0, 0.1) is 10.1 Å². The number of amides is 1. The molecular weight excluding hydrogens is 481 g/mol. The summed E-state index contributed by atoms with van der Waals surface area (Å²) in [4.78, 5) is 42.2. The van der Waals surface area contributed by atoms with Gasteiger partial charge in [0.1, 0.15) is 6.33 Å². The van der Waals surface area contributed by atoms with E-state index in [1.807, 2.05) is 0 Å². The van der Waals surface area contributed by atoms with Crippen molar-refractivity contribution in [1.82, 2.24) is 9.97 Å². The zero-order valence-electron chi connectivity index (χ0n) is 18.5. The van der Waals surface area contributed by atoms with E-state index in [0.717, 1.165) is 24.5 Å². The SMILES string of the molecule is Nc1ncnc(NCCC(=O)c2ccc(NC(=O)/C=C\c3cccc(C(F)(F)F)c3)cc2)c1[N+](=O)[O-]. The van der Waals surface area contributed by atoms with Crippen LogP contribution in [-0.4, -0.2) is 33.1 Å². The van der Waals surface area contributed by atoms with Gasteiger partial charge in [-0.15, -0.1) is 0 Å². The van der Waals surface area contributed by atoms with Crippen LogP contribution in [0.3, 0.4) is 0 Å². The minimum Gasteiger partial charge on any atom is -0.378 e. The van der Waals surface area contributed by atoms with Crippen molar-refractivity contribution in [2.75, 3.05) is 22.9 Å². The smallest absolute Gasteiger partial charge is 0.378 e. The predicted octanol–water partition coefficient (Wildman–Crippen LogP) is 4.32. The first-order valence-corrected chi connectivity index (χ1v) is 10.3. The molecule has 186 valence electrons. The maximum absolute atomic E-state index is 12.8. The molecule has 0 atom stereocenters. The van der Waals surface area contributed by atoms with Crippen molar-refractivity contribution in [3.63, 3.8) is 0 Å². The van der Waals surface area contributed by atoms with Gasteiger partial charge in [-0.25, -0.2) is 9.97 Å². The molecule has 36 heavy (non-hydrogen) atoms. The number of carbonyl (C=O) groups excluding carboxylic acids is 2. The van der Waals surface area contributed by atoms with E-state index in [9.17, 15) is 32.9 Å². The molecule has 3 aromatic rings. The number of ketones is 1. The number of hydrogen-bond donors (Lipinski definition) is 3.